The molecule has 0 atom stereocenters. The van der Waals surface area contributed by atoms with Gasteiger partial charge in [-0.05, 0) is 41.1 Å². The number of hydrogen-bond acceptors (Lipinski definition) is 3. The molecule has 0 unspecified atom stereocenters. The van der Waals surface area contributed by atoms with Gasteiger partial charge in [0.15, 0.2) is 0 Å². The van der Waals surface area contributed by atoms with E-state index >= 15 is 0 Å². The summed E-state index contributed by atoms with van der Waals surface area (Å²) in [5, 5.41) is 20.2. The third-order valence-corrected chi connectivity index (χ3v) is 3.19. The van der Waals surface area contributed by atoms with E-state index in [9.17, 15) is 0 Å². The van der Waals surface area contributed by atoms with Crippen molar-refractivity contribution in [2.75, 3.05) is 0 Å². The summed E-state index contributed by atoms with van der Waals surface area (Å²) < 4.78 is 5.77. The third-order valence-electron chi connectivity index (χ3n) is 3.19. The van der Waals surface area contributed by atoms with Crippen molar-refractivity contribution in [2.24, 2.45) is 0 Å². The van der Waals surface area contributed by atoms with Crippen molar-refractivity contribution in [2.45, 2.75) is 0 Å². The van der Waals surface area contributed by atoms with Crippen molar-refractivity contribution in [1.82, 2.24) is 0 Å². The van der Waals surface area contributed by atoms with Crippen LogP contribution in [0.4, 0.5) is 0 Å². The van der Waals surface area contributed by atoms with E-state index in [-0.39, 0.29) is 0 Å². The Morgan fingerprint density at radius 2 is 1.33 bits per heavy atom. The fraction of sp³-hybridized carbons (Fsp3) is 0. The highest BCUT2D eigenvalue weighted by molar-refractivity contribution is 5.83. The van der Waals surface area contributed by atoms with Gasteiger partial charge in [0.1, 0.15) is 23.6 Å². The molecule has 0 heterocycles. The minimum Gasteiger partial charge on any atom is -0.457 e. The minimum atomic E-state index is 0.316. The number of hydrogen-bond donors (Lipinski definition) is 0. The summed E-state index contributed by atoms with van der Waals surface area (Å²) in [4.78, 5) is 0. The molecular formula is C18H10N2O. The molecule has 0 fully saturated rings. The molecule has 3 heteroatoms. The molecule has 0 bridgehead atoms. The van der Waals surface area contributed by atoms with Gasteiger partial charge in [0, 0.05) is 0 Å². The SMILES string of the molecule is N#Cc1ccc(Oc2ccc3ccccc3c2)cc1C#N. The van der Waals surface area contributed by atoms with Gasteiger partial charge in [0.05, 0.1) is 11.1 Å². The lowest BCUT2D eigenvalue weighted by Gasteiger charge is -2.07. The summed E-state index contributed by atoms with van der Waals surface area (Å²) in [6.07, 6.45) is 0. The third kappa shape index (κ3) is 2.54. The average Bonchev–Trinajstić information content (AvgIpc) is 2.54. The molecule has 3 rings (SSSR count). The first-order valence-electron chi connectivity index (χ1n) is 6.41. The lowest BCUT2D eigenvalue weighted by molar-refractivity contribution is 0.483. The Morgan fingerprint density at radius 1 is 0.667 bits per heavy atom. The molecule has 0 aliphatic carbocycles. The van der Waals surface area contributed by atoms with Crippen LogP contribution in [0, 0.1) is 22.7 Å². The normalized spacial score (nSPS) is 9.81. The Kier molecular flexibility index (Phi) is 3.25. The van der Waals surface area contributed by atoms with Gasteiger partial charge in [-0.2, -0.15) is 10.5 Å². The van der Waals surface area contributed by atoms with Gasteiger partial charge in [0.2, 0.25) is 0 Å². The molecule has 0 spiro atoms. The summed E-state index contributed by atoms with van der Waals surface area (Å²) >= 11 is 0. The molecule has 3 aromatic rings. The molecule has 3 aromatic carbocycles. The van der Waals surface area contributed by atoms with Crippen LogP contribution in [0.25, 0.3) is 10.8 Å². The Morgan fingerprint density at radius 3 is 2.10 bits per heavy atom. The molecule has 98 valence electrons. The fourth-order valence-corrected chi connectivity index (χ4v) is 2.14. The summed E-state index contributed by atoms with van der Waals surface area (Å²) in [5.74, 6) is 1.24. The predicted octanol–water partition coefficient (Wildman–Crippen LogP) is 4.38. The van der Waals surface area contributed by atoms with Crippen molar-refractivity contribution >= 4 is 10.8 Å². The number of nitrogens with zero attached hydrogens (tertiary/aromatic N) is 2. The van der Waals surface area contributed by atoms with Gasteiger partial charge in [-0.25, -0.2) is 0 Å². The quantitative estimate of drug-likeness (QED) is 0.694. The van der Waals surface area contributed by atoms with Crippen LogP contribution in [0.1, 0.15) is 11.1 Å². The number of rotatable bonds is 2. The van der Waals surface area contributed by atoms with Gasteiger partial charge < -0.3 is 4.74 Å². The van der Waals surface area contributed by atoms with Crippen molar-refractivity contribution in [3.63, 3.8) is 0 Å². The minimum absolute atomic E-state index is 0.316. The zero-order valence-corrected chi connectivity index (χ0v) is 11.1. The maximum Gasteiger partial charge on any atom is 0.128 e. The first kappa shape index (κ1) is 12.7. The van der Waals surface area contributed by atoms with Gasteiger partial charge in [-0.3, -0.25) is 0 Å². The Labute approximate surface area is 122 Å². The van der Waals surface area contributed by atoms with Crippen LogP contribution in [-0.4, -0.2) is 0 Å². The summed E-state index contributed by atoms with van der Waals surface area (Å²) in [6.45, 7) is 0. The van der Waals surface area contributed by atoms with Crippen molar-refractivity contribution < 1.29 is 4.74 Å². The smallest absolute Gasteiger partial charge is 0.128 e. The number of benzene rings is 3. The second kappa shape index (κ2) is 5.36. The van der Waals surface area contributed by atoms with Crippen molar-refractivity contribution in [1.29, 1.82) is 10.5 Å². The number of ether oxygens (including phenoxy) is 1. The summed E-state index contributed by atoms with van der Waals surface area (Å²) in [7, 11) is 0. The van der Waals surface area contributed by atoms with Crippen LogP contribution in [-0.2, 0) is 0 Å². The molecule has 0 aliphatic heterocycles. The first-order valence-corrected chi connectivity index (χ1v) is 6.41. The maximum absolute atomic E-state index is 9.02. The molecule has 0 radical (unpaired) electrons. The van der Waals surface area contributed by atoms with E-state index in [0.29, 0.717) is 22.6 Å². The zero-order valence-electron chi connectivity index (χ0n) is 11.1. The Balaban J connectivity index is 1.95. The average molecular weight is 270 g/mol. The highest BCUT2D eigenvalue weighted by atomic mass is 16.5. The van der Waals surface area contributed by atoms with Crippen molar-refractivity contribution in [3.8, 4) is 23.6 Å². The van der Waals surface area contributed by atoms with Crippen LogP contribution in [0.5, 0.6) is 11.5 Å². The van der Waals surface area contributed by atoms with Crippen LogP contribution in [0.2, 0.25) is 0 Å². The number of nitriles is 2. The molecule has 3 nitrogen and oxygen atoms in total. The molecule has 0 aliphatic rings. The fourth-order valence-electron chi connectivity index (χ4n) is 2.14. The predicted molar refractivity (Wildman–Crippen MR) is 79.9 cm³/mol. The second-order valence-corrected chi connectivity index (χ2v) is 4.54. The molecule has 0 amide bonds. The highest BCUT2D eigenvalue weighted by Gasteiger charge is 2.05. The van der Waals surface area contributed by atoms with Gasteiger partial charge in [0.25, 0.3) is 0 Å². The summed E-state index contributed by atoms with van der Waals surface area (Å²) in [5.41, 5.74) is 0.666. The van der Waals surface area contributed by atoms with Crippen LogP contribution in [0.15, 0.2) is 60.7 Å². The van der Waals surface area contributed by atoms with Gasteiger partial charge in [-0.15, -0.1) is 0 Å². The standard InChI is InChI=1S/C18H10N2O/c19-11-15-6-8-18(10-16(15)12-20)21-17-7-5-13-3-1-2-4-14(13)9-17/h1-10H. The lowest BCUT2D eigenvalue weighted by atomic mass is 10.1. The molecule has 0 N–H and O–H groups in total. The lowest BCUT2D eigenvalue weighted by Crippen LogP contribution is -1.88. The van der Waals surface area contributed by atoms with Crippen LogP contribution in [0.3, 0.4) is 0 Å². The Hall–Kier alpha value is -3.30. The van der Waals surface area contributed by atoms with E-state index in [1.54, 1.807) is 18.2 Å². The van der Waals surface area contributed by atoms with Crippen molar-refractivity contribution in [3.05, 3.63) is 71.8 Å². The number of fused-ring (bicyclic) bond motifs is 1. The first-order chi connectivity index (χ1) is 10.3. The van der Waals surface area contributed by atoms with Crippen LogP contribution >= 0.6 is 0 Å². The molecule has 0 saturated heterocycles. The second-order valence-electron chi connectivity index (χ2n) is 4.54. The zero-order chi connectivity index (χ0) is 14.7. The molecule has 0 aromatic heterocycles. The summed E-state index contributed by atoms with van der Waals surface area (Å²) in [6, 6.07) is 22.7. The van der Waals surface area contributed by atoms with E-state index < -0.39 is 0 Å². The largest absolute Gasteiger partial charge is 0.457 e. The van der Waals surface area contributed by atoms with Gasteiger partial charge >= 0.3 is 0 Å². The van der Waals surface area contributed by atoms with Gasteiger partial charge in [-0.1, -0.05) is 30.3 Å². The monoisotopic (exact) mass is 270 g/mol. The van der Waals surface area contributed by atoms with Crippen LogP contribution < -0.4 is 4.74 Å². The molecule has 21 heavy (non-hydrogen) atoms. The van der Waals surface area contributed by atoms with E-state index in [4.69, 9.17) is 15.3 Å². The Bertz CT molecular complexity index is 901. The highest BCUT2D eigenvalue weighted by Crippen LogP contribution is 2.26. The van der Waals surface area contributed by atoms with E-state index in [0.717, 1.165) is 10.8 Å². The van der Waals surface area contributed by atoms with E-state index in [2.05, 4.69) is 0 Å². The topological polar surface area (TPSA) is 56.8 Å². The van der Waals surface area contributed by atoms with E-state index in [1.165, 1.54) is 0 Å². The molecule has 0 saturated carbocycles. The van der Waals surface area contributed by atoms with E-state index in [1.807, 2.05) is 54.6 Å². The maximum atomic E-state index is 9.02. The molecular weight excluding hydrogens is 260 g/mol.